The van der Waals surface area contributed by atoms with E-state index in [0.29, 0.717) is 24.3 Å². The van der Waals surface area contributed by atoms with Crippen LogP contribution in [0.1, 0.15) is 54.4 Å². The van der Waals surface area contributed by atoms with Gasteiger partial charge < -0.3 is 9.47 Å². The number of carbonyl (C=O) groups is 3. The minimum absolute atomic E-state index is 0.269. The van der Waals surface area contributed by atoms with Crippen LogP contribution in [-0.4, -0.2) is 57.0 Å². The Morgan fingerprint density at radius 1 is 1.07 bits per heavy atom. The van der Waals surface area contributed by atoms with Crippen LogP contribution < -0.4 is 5.43 Å². The van der Waals surface area contributed by atoms with Gasteiger partial charge >= 0.3 is 18.2 Å². The zero-order valence-electron chi connectivity index (χ0n) is 16.5. The largest absolute Gasteiger partial charge is 0.444 e. The minimum atomic E-state index is -0.774. The van der Waals surface area contributed by atoms with Gasteiger partial charge in [-0.05, 0) is 60.5 Å². The summed E-state index contributed by atoms with van der Waals surface area (Å²) >= 11 is 0. The van der Waals surface area contributed by atoms with E-state index in [1.807, 2.05) is 0 Å². The molecular formula is C18H26N4O5. The van der Waals surface area contributed by atoms with E-state index in [-0.39, 0.29) is 12.1 Å². The third-order valence-corrected chi connectivity index (χ3v) is 4.25. The number of carbonyl (C=O) groups excluding carboxylic acids is 3. The standard InChI is InChI=1S/C18H26N4O5/c1-17(2,3)26-15(24)21-10-7-8-11(21)13-12(9-10)22(14(23)20-19-13)16(25)27-18(4,5)6/h9-11H,7-8H2,1-6H3,(H,20,23). The van der Waals surface area contributed by atoms with Crippen LogP contribution in [0.3, 0.4) is 0 Å². The smallest absolute Gasteiger partial charge is 0.423 e. The number of imide groups is 1. The highest BCUT2D eigenvalue weighted by atomic mass is 16.6. The molecule has 0 aromatic rings. The minimum Gasteiger partial charge on any atom is -0.444 e. The number of amides is 4. The van der Waals surface area contributed by atoms with Crippen LogP contribution >= 0.6 is 0 Å². The van der Waals surface area contributed by atoms with Gasteiger partial charge in [0.15, 0.2) is 0 Å². The lowest BCUT2D eigenvalue weighted by Crippen LogP contribution is -2.57. The summed E-state index contributed by atoms with van der Waals surface area (Å²) in [6.45, 7) is 10.6. The lowest BCUT2D eigenvalue weighted by molar-refractivity contribution is 0.0213. The Morgan fingerprint density at radius 2 is 1.67 bits per heavy atom. The normalized spacial score (nSPS) is 24.6. The Morgan fingerprint density at radius 3 is 2.26 bits per heavy atom. The topological polar surface area (TPSA) is 101 Å². The molecule has 2 unspecified atom stereocenters. The van der Waals surface area contributed by atoms with Gasteiger partial charge in [0, 0.05) is 0 Å². The summed E-state index contributed by atoms with van der Waals surface area (Å²) < 4.78 is 10.9. The van der Waals surface area contributed by atoms with Crippen LogP contribution in [0, 0.1) is 0 Å². The van der Waals surface area contributed by atoms with Crippen molar-refractivity contribution in [3.8, 4) is 0 Å². The molecule has 0 saturated carbocycles. The first-order valence-electron chi connectivity index (χ1n) is 9.01. The third kappa shape index (κ3) is 3.77. The van der Waals surface area contributed by atoms with Crippen molar-refractivity contribution in [2.75, 3.05) is 0 Å². The quantitative estimate of drug-likeness (QED) is 0.698. The number of hydrogen-bond donors (Lipinski definition) is 1. The average molecular weight is 378 g/mol. The fourth-order valence-corrected chi connectivity index (χ4v) is 3.36. The lowest BCUT2D eigenvalue weighted by atomic mass is 10.0. The Balaban J connectivity index is 1.91. The molecule has 2 bridgehead atoms. The fraction of sp³-hybridized carbons (Fsp3) is 0.667. The number of rotatable bonds is 0. The molecule has 1 N–H and O–H groups in total. The first kappa shape index (κ1) is 19.2. The number of hydrogen-bond acceptors (Lipinski definition) is 6. The van der Waals surface area contributed by atoms with Crippen LogP contribution in [0.2, 0.25) is 0 Å². The van der Waals surface area contributed by atoms with Crippen molar-refractivity contribution in [1.82, 2.24) is 15.2 Å². The second-order valence-corrected chi connectivity index (χ2v) is 8.83. The van der Waals surface area contributed by atoms with Gasteiger partial charge in [-0.2, -0.15) is 10.0 Å². The second kappa shape index (κ2) is 6.24. The molecule has 0 radical (unpaired) electrons. The van der Waals surface area contributed by atoms with E-state index in [1.54, 1.807) is 52.5 Å². The van der Waals surface area contributed by atoms with Crippen molar-refractivity contribution in [3.05, 3.63) is 11.8 Å². The van der Waals surface area contributed by atoms with Crippen LogP contribution in [0.5, 0.6) is 0 Å². The average Bonchev–Trinajstić information content (AvgIpc) is 2.79. The molecule has 1 fully saturated rings. The van der Waals surface area contributed by atoms with Crippen LogP contribution in [0.4, 0.5) is 14.4 Å². The van der Waals surface area contributed by atoms with E-state index in [4.69, 9.17) is 9.47 Å². The molecule has 3 heterocycles. The molecule has 0 aromatic heterocycles. The van der Waals surface area contributed by atoms with E-state index < -0.39 is 29.4 Å². The Hall–Kier alpha value is -2.58. The summed E-state index contributed by atoms with van der Waals surface area (Å²) in [5.74, 6) is 0. The van der Waals surface area contributed by atoms with Crippen molar-refractivity contribution in [2.45, 2.75) is 77.7 Å². The first-order chi connectivity index (χ1) is 12.4. The lowest BCUT2D eigenvalue weighted by Gasteiger charge is -2.39. The SMILES string of the molecule is CC(C)(C)OC(=O)N1C(=O)NN=C2C1=CC1CCC2N1C(=O)OC(C)(C)C. The van der Waals surface area contributed by atoms with Gasteiger partial charge in [-0.1, -0.05) is 0 Å². The molecule has 1 saturated heterocycles. The van der Waals surface area contributed by atoms with Crippen LogP contribution in [0.15, 0.2) is 16.9 Å². The maximum Gasteiger partial charge on any atom is 0.423 e. The molecule has 0 aromatic carbocycles. The van der Waals surface area contributed by atoms with Gasteiger partial charge in [-0.15, -0.1) is 0 Å². The van der Waals surface area contributed by atoms with Crippen LogP contribution in [0.25, 0.3) is 0 Å². The molecule has 3 rings (SSSR count). The fourth-order valence-electron chi connectivity index (χ4n) is 3.36. The third-order valence-electron chi connectivity index (χ3n) is 4.25. The molecule has 9 heteroatoms. The molecular weight excluding hydrogens is 352 g/mol. The van der Waals surface area contributed by atoms with Gasteiger partial charge in [-0.25, -0.2) is 19.8 Å². The van der Waals surface area contributed by atoms with E-state index in [1.165, 1.54) is 0 Å². The van der Waals surface area contributed by atoms with E-state index in [0.717, 1.165) is 4.90 Å². The highest BCUT2D eigenvalue weighted by molar-refractivity contribution is 6.14. The number of ether oxygens (including phenoxy) is 2. The molecule has 3 aliphatic heterocycles. The molecule has 9 nitrogen and oxygen atoms in total. The molecule has 0 spiro atoms. The summed E-state index contributed by atoms with van der Waals surface area (Å²) in [6, 6.07) is -1.31. The van der Waals surface area contributed by atoms with Gasteiger partial charge in [0.2, 0.25) is 0 Å². The number of hydrazone groups is 1. The van der Waals surface area contributed by atoms with Crippen molar-refractivity contribution >= 4 is 23.9 Å². The maximum atomic E-state index is 12.6. The van der Waals surface area contributed by atoms with Crippen LogP contribution in [-0.2, 0) is 9.47 Å². The first-order valence-corrected chi connectivity index (χ1v) is 9.01. The summed E-state index contributed by atoms with van der Waals surface area (Å²) in [7, 11) is 0. The summed E-state index contributed by atoms with van der Waals surface area (Å²) in [4.78, 5) is 40.0. The van der Waals surface area contributed by atoms with Crippen molar-refractivity contribution < 1.29 is 23.9 Å². The Bertz CT molecular complexity index is 744. The summed E-state index contributed by atoms with van der Waals surface area (Å²) in [5, 5.41) is 4.12. The molecule has 27 heavy (non-hydrogen) atoms. The van der Waals surface area contributed by atoms with E-state index in [9.17, 15) is 14.4 Å². The molecule has 0 aliphatic carbocycles. The zero-order chi connectivity index (χ0) is 20.1. The summed E-state index contributed by atoms with van der Waals surface area (Å²) in [5.41, 5.74) is 1.81. The van der Waals surface area contributed by atoms with Crippen molar-refractivity contribution in [3.63, 3.8) is 0 Å². The Labute approximate surface area is 158 Å². The number of fused-ring (bicyclic) bond motifs is 4. The number of nitrogens with zero attached hydrogens (tertiary/aromatic N) is 3. The maximum absolute atomic E-state index is 12.6. The molecule has 4 amide bonds. The molecule has 3 aliphatic rings. The van der Waals surface area contributed by atoms with Gasteiger partial charge in [0.05, 0.1) is 17.8 Å². The van der Waals surface area contributed by atoms with Crippen molar-refractivity contribution in [2.24, 2.45) is 5.10 Å². The monoisotopic (exact) mass is 378 g/mol. The molecule has 2 atom stereocenters. The second-order valence-electron chi connectivity index (χ2n) is 8.83. The van der Waals surface area contributed by atoms with Gasteiger partial charge in [0.25, 0.3) is 0 Å². The zero-order valence-corrected chi connectivity index (χ0v) is 16.5. The van der Waals surface area contributed by atoms with Gasteiger partial charge in [0.1, 0.15) is 16.9 Å². The van der Waals surface area contributed by atoms with E-state index >= 15 is 0 Å². The van der Waals surface area contributed by atoms with Crippen molar-refractivity contribution in [1.29, 1.82) is 0 Å². The Kier molecular flexibility index (Phi) is 4.44. The predicted octanol–water partition coefficient (Wildman–Crippen LogP) is 2.97. The van der Waals surface area contributed by atoms with E-state index in [2.05, 4.69) is 10.5 Å². The number of nitrogens with one attached hydrogen (secondary N) is 1. The van der Waals surface area contributed by atoms with Gasteiger partial charge in [-0.3, -0.25) is 4.90 Å². The highest BCUT2D eigenvalue weighted by Crippen LogP contribution is 2.37. The predicted molar refractivity (Wildman–Crippen MR) is 97.0 cm³/mol. The number of urea groups is 1. The highest BCUT2D eigenvalue weighted by Gasteiger charge is 2.49. The summed E-state index contributed by atoms with van der Waals surface area (Å²) in [6.07, 6.45) is 1.87. The molecule has 148 valence electrons.